The highest BCUT2D eigenvalue weighted by molar-refractivity contribution is 6.28. The maximum absolute atomic E-state index is 14.1. The molecule has 0 radical (unpaired) electrons. The van der Waals surface area contributed by atoms with Crippen LogP contribution in [-0.4, -0.2) is 23.1 Å². The van der Waals surface area contributed by atoms with Crippen molar-refractivity contribution in [3.8, 4) is 17.0 Å². The van der Waals surface area contributed by atoms with Crippen molar-refractivity contribution in [3.05, 3.63) is 65.1 Å². The van der Waals surface area contributed by atoms with Gasteiger partial charge in [0.2, 0.25) is 5.28 Å². The highest BCUT2D eigenvalue weighted by Crippen LogP contribution is 2.26. The molecule has 0 amide bonds. The Hall–Kier alpha value is -2.93. The first kappa shape index (κ1) is 20.8. The van der Waals surface area contributed by atoms with E-state index in [1.54, 1.807) is 6.07 Å². The van der Waals surface area contributed by atoms with E-state index >= 15 is 0 Å². The van der Waals surface area contributed by atoms with Gasteiger partial charge in [0.05, 0.1) is 18.5 Å². The fraction of sp³-hybridized carbons (Fsp3) is 0.238. The first-order chi connectivity index (χ1) is 13.9. The van der Waals surface area contributed by atoms with Crippen LogP contribution < -0.4 is 15.8 Å². The molecule has 1 aromatic heterocycles. The molecule has 3 rings (SSSR count). The zero-order valence-electron chi connectivity index (χ0n) is 15.9. The van der Waals surface area contributed by atoms with Crippen LogP contribution in [0, 0.1) is 18.6 Å². The fourth-order valence-electron chi connectivity index (χ4n) is 2.86. The average Bonchev–Trinajstić information content (AvgIpc) is 2.67. The second-order valence-corrected chi connectivity index (χ2v) is 6.93. The third-order valence-corrected chi connectivity index (χ3v) is 4.37. The molecule has 1 heterocycles. The number of rotatable bonds is 8. The number of halogens is 3. The number of aryl methyl sites for hydroxylation is 1. The number of unbranched alkanes of at least 4 members (excludes halogenated alkanes) is 1. The standard InChI is InChI=1S/C21H21ClF2N4O/c1-13-8-15(25)11-16(9-13)29-7-3-2-6-26-19-10-14(4-5-17(19)23)20-18(24)12-27-21(22)28-20/h4-5,8-12,26H,2-3,6-7,25H2,1H3. The van der Waals surface area contributed by atoms with E-state index in [9.17, 15) is 8.78 Å². The van der Waals surface area contributed by atoms with Gasteiger partial charge in [-0.15, -0.1) is 0 Å². The first-order valence-electron chi connectivity index (χ1n) is 9.14. The van der Waals surface area contributed by atoms with Crippen molar-refractivity contribution in [2.45, 2.75) is 19.8 Å². The molecule has 0 fully saturated rings. The molecule has 0 aliphatic rings. The van der Waals surface area contributed by atoms with Gasteiger partial charge in [-0.2, -0.15) is 0 Å². The molecular weight excluding hydrogens is 398 g/mol. The summed E-state index contributed by atoms with van der Waals surface area (Å²) in [4.78, 5) is 7.46. The summed E-state index contributed by atoms with van der Waals surface area (Å²) in [7, 11) is 0. The number of nitrogen functional groups attached to an aromatic ring is 1. The van der Waals surface area contributed by atoms with Gasteiger partial charge in [-0.25, -0.2) is 18.7 Å². The van der Waals surface area contributed by atoms with Crippen LogP contribution in [0.15, 0.2) is 42.6 Å². The number of hydrogen-bond donors (Lipinski definition) is 2. The molecule has 5 nitrogen and oxygen atoms in total. The predicted molar refractivity (Wildman–Crippen MR) is 111 cm³/mol. The fourth-order valence-corrected chi connectivity index (χ4v) is 2.99. The Morgan fingerprint density at radius 1 is 1.10 bits per heavy atom. The van der Waals surface area contributed by atoms with Crippen molar-refractivity contribution >= 4 is 23.0 Å². The molecule has 0 unspecified atom stereocenters. The van der Waals surface area contributed by atoms with Gasteiger partial charge >= 0.3 is 0 Å². The van der Waals surface area contributed by atoms with Crippen molar-refractivity contribution in [2.75, 3.05) is 24.2 Å². The van der Waals surface area contributed by atoms with Gasteiger partial charge in [0, 0.05) is 23.9 Å². The summed E-state index contributed by atoms with van der Waals surface area (Å²) < 4.78 is 33.7. The Morgan fingerprint density at radius 3 is 2.72 bits per heavy atom. The van der Waals surface area contributed by atoms with Gasteiger partial charge in [-0.05, 0) is 67.3 Å². The Morgan fingerprint density at radius 2 is 1.93 bits per heavy atom. The minimum Gasteiger partial charge on any atom is -0.494 e. The van der Waals surface area contributed by atoms with Crippen LogP contribution in [0.3, 0.4) is 0 Å². The summed E-state index contributed by atoms with van der Waals surface area (Å²) in [6.45, 7) is 3.02. The van der Waals surface area contributed by atoms with E-state index < -0.39 is 11.6 Å². The normalized spacial score (nSPS) is 10.8. The summed E-state index contributed by atoms with van der Waals surface area (Å²) in [5.74, 6) is -0.318. The lowest BCUT2D eigenvalue weighted by molar-refractivity contribution is 0.308. The monoisotopic (exact) mass is 418 g/mol. The molecule has 8 heteroatoms. The maximum atomic E-state index is 14.1. The van der Waals surface area contributed by atoms with Crippen LogP contribution in [0.25, 0.3) is 11.3 Å². The predicted octanol–water partition coefficient (Wildman–Crippen LogP) is 5.24. The minimum absolute atomic E-state index is 0.0267. The summed E-state index contributed by atoms with van der Waals surface area (Å²) in [6, 6.07) is 9.80. The molecular formula is C21H21ClF2N4O. The Bertz CT molecular complexity index is 980. The second kappa shape index (κ2) is 9.52. The molecule has 0 aliphatic heterocycles. The smallest absolute Gasteiger partial charge is 0.223 e. The van der Waals surface area contributed by atoms with Crippen LogP contribution in [0.4, 0.5) is 20.2 Å². The molecule has 0 spiro atoms. The number of nitrogens with two attached hydrogens (primary N) is 1. The molecule has 0 aliphatic carbocycles. The highest BCUT2D eigenvalue weighted by Gasteiger charge is 2.11. The number of nitrogens with zero attached hydrogens (tertiary/aromatic N) is 2. The summed E-state index contributed by atoms with van der Waals surface area (Å²) in [5.41, 5.74) is 8.21. The minimum atomic E-state index is -0.624. The quantitative estimate of drug-likeness (QED) is 0.297. The Balaban J connectivity index is 1.52. The van der Waals surface area contributed by atoms with Crippen molar-refractivity contribution < 1.29 is 13.5 Å². The molecule has 0 saturated carbocycles. The third kappa shape index (κ3) is 5.77. The lowest BCUT2D eigenvalue weighted by Crippen LogP contribution is -2.06. The molecule has 0 atom stereocenters. The van der Waals surface area contributed by atoms with Crippen LogP contribution in [0.1, 0.15) is 18.4 Å². The van der Waals surface area contributed by atoms with E-state index in [-0.39, 0.29) is 16.7 Å². The summed E-state index contributed by atoms with van der Waals surface area (Å²) in [5, 5.41) is 2.95. The van der Waals surface area contributed by atoms with E-state index in [4.69, 9.17) is 22.1 Å². The third-order valence-electron chi connectivity index (χ3n) is 4.18. The van der Waals surface area contributed by atoms with E-state index in [1.165, 1.54) is 18.2 Å². The second-order valence-electron chi connectivity index (χ2n) is 6.59. The largest absolute Gasteiger partial charge is 0.494 e. The van der Waals surface area contributed by atoms with Crippen molar-refractivity contribution in [2.24, 2.45) is 0 Å². The topological polar surface area (TPSA) is 73.1 Å². The molecule has 0 saturated heterocycles. The van der Waals surface area contributed by atoms with E-state index in [1.807, 2.05) is 19.1 Å². The van der Waals surface area contributed by atoms with Crippen molar-refractivity contribution in [3.63, 3.8) is 0 Å². The Labute approximate surface area is 172 Å². The molecule has 152 valence electrons. The highest BCUT2D eigenvalue weighted by atomic mass is 35.5. The van der Waals surface area contributed by atoms with Gasteiger partial charge in [-0.3, -0.25) is 0 Å². The van der Waals surface area contributed by atoms with Gasteiger partial charge in [-0.1, -0.05) is 0 Å². The number of hydrogen-bond acceptors (Lipinski definition) is 5. The van der Waals surface area contributed by atoms with Gasteiger partial charge in [0.15, 0.2) is 5.82 Å². The Kier molecular flexibility index (Phi) is 6.82. The van der Waals surface area contributed by atoms with Gasteiger partial charge < -0.3 is 15.8 Å². The zero-order chi connectivity index (χ0) is 20.8. The van der Waals surface area contributed by atoms with E-state index in [2.05, 4.69) is 15.3 Å². The molecule has 29 heavy (non-hydrogen) atoms. The number of aromatic nitrogens is 2. The number of nitrogens with one attached hydrogen (secondary N) is 1. The lowest BCUT2D eigenvalue weighted by atomic mass is 10.1. The van der Waals surface area contributed by atoms with E-state index in [0.29, 0.717) is 24.4 Å². The lowest BCUT2D eigenvalue weighted by Gasteiger charge is -2.11. The van der Waals surface area contributed by atoms with Gasteiger partial charge in [0.25, 0.3) is 0 Å². The van der Waals surface area contributed by atoms with Crippen LogP contribution in [0.2, 0.25) is 5.28 Å². The molecule has 3 N–H and O–H groups in total. The zero-order valence-corrected chi connectivity index (χ0v) is 16.6. The number of anilines is 2. The van der Waals surface area contributed by atoms with Gasteiger partial charge in [0.1, 0.15) is 17.3 Å². The number of benzene rings is 2. The first-order valence-corrected chi connectivity index (χ1v) is 9.52. The summed E-state index contributed by atoms with van der Waals surface area (Å²) in [6.07, 6.45) is 2.53. The van der Waals surface area contributed by atoms with Crippen LogP contribution in [-0.2, 0) is 0 Å². The SMILES string of the molecule is Cc1cc(N)cc(OCCCCNc2cc(-c3nc(Cl)ncc3F)ccc2F)c1. The maximum Gasteiger partial charge on any atom is 0.223 e. The van der Waals surface area contributed by atoms with Crippen LogP contribution in [0.5, 0.6) is 5.75 Å². The van der Waals surface area contributed by atoms with Crippen LogP contribution >= 0.6 is 11.6 Å². The molecule has 2 aromatic carbocycles. The van der Waals surface area contributed by atoms with Crippen molar-refractivity contribution in [1.82, 2.24) is 9.97 Å². The van der Waals surface area contributed by atoms with E-state index in [0.717, 1.165) is 30.4 Å². The molecule has 3 aromatic rings. The number of ether oxygens (including phenoxy) is 1. The molecule has 0 bridgehead atoms. The van der Waals surface area contributed by atoms with Crippen molar-refractivity contribution in [1.29, 1.82) is 0 Å². The average molecular weight is 419 g/mol. The summed E-state index contributed by atoms with van der Waals surface area (Å²) >= 11 is 5.73.